The van der Waals surface area contributed by atoms with Crippen molar-refractivity contribution < 1.29 is 29.2 Å². The molecule has 0 aliphatic carbocycles. The number of carbonyl (C=O) groups is 3. The number of amides is 1. The lowest BCUT2D eigenvalue weighted by Gasteiger charge is -2.20. The highest BCUT2D eigenvalue weighted by Crippen LogP contribution is 2.21. The van der Waals surface area contributed by atoms with Gasteiger partial charge in [0.1, 0.15) is 5.78 Å². The second kappa shape index (κ2) is 8.75. The van der Waals surface area contributed by atoms with E-state index < -0.39 is 31.0 Å². The smallest absolute Gasteiger partial charge is 0.478 e. The molecule has 2 heterocycles. The largest absolute Gasteiger partial charge is 0.478 e. The first-order chi connectivity index (χ1) is 11.9. The second-order valence-corrected chi connectivity index (χ2v) is 6.54. The Balaban J connectivity index is 2.09. The molecule has 1 aliphatic rings. The Labute approximate surface area is 149 Å². The SMILES string of the molecule is CC(=O)C[C@H]1C=CC[C@H](NC(=O)/C(=C/C(=O)O)c2cccs2)B(O)O1. The minimum absolute atomic E-state index is 0.00297. The van der Waals surface area contributed by atoms with E-state index in [1.165, 1.54) is 18.3 Å². The Morgan fingerprint density at radius 3 is 2.84 bits per heavy atom. The molecule has 0 radical (unpaired) electrons. The standard InChI is InChI=1S/C16H18BNO6S/c1-10(19)8-11-4-2-6-14(17(23)24-11)18-16(22)12(9-15(20)21)13-5-3-7-25-13/h2-5,7,9,11,14,23H,6,8H2,1H3,(H,18,22)(H,20,21)/b12-9+/t11-,14+/m1/s1. The Kier molecular flexibility index (Phi) is 6.69. The number of ketones is 1. The minimum Gasteiger partial charge on any atom is -0.478 e. The molecule has 9 heteroatoms. The van der Waals surface area contributed by atoms with Gasteiger partial charge in [0.25, 0.3) is 5.91 Å². The van der Waals surface area contributed by atoms with Gasteiger partial charge in [-0.3, -0.25) is 9.59 Å². The van der Waals surface area contributed by atoms with E-state index in [1.807, 2.05) is 0 Å². The maximum atomic E-state index is 12.5. The van der Waals surface area contributed by atoms with E-state index in [0.717, 1.165) is 6.08 Å². The first kappa shape index (κ1) is 19.1. The van der Waals surface area contributed by atoms with Gasteiger partial charge in [-0.15, -0.1) is 11.3 Å². The quantitative estimate of drug-likeness (QED) is 0.396. The van der Waals surface area contributed by atoms with Gasteiger partial charge in [-0.2, -0.15) is 0 Å². The average Bonchev–Trinajstić information content (AvgIpc) is 2.98. The summed E-state index contributed by atoms with van der Waals surface area (Å²) >= 11 is 1.24. The number of hydrogen-bond acceptors (Lipinski definition) is 6. The Hall–Kier alpha value is -2.23. The molecule has 1 aromatic rings. The van der Waals surface area contributed by atoms with Crippen LogP contribution in [0.3, 0.4) is 0 Å². The van der Waals surface area contributed by atoms with Gasteiger partial charge in [-0.05, 0) is 24.8 Å². The molecule has 2 rings (SSSR count). The summed E-state index contributed by atoms with van der Waals surface area (Å²) in [4.78, 5) is 35.2. The lowest BCUT2D eigenvalue weighted by molar-refractivity contribution is -0.131. The molecule has 0 fully saturated rings. The van der Waals surface area contributed by atoms with E-state index in [4.69, 9.17) is 9.76 Å². The molecule has 3 N–H and O–H groups in total. The normalized spacial score (nSPS) is 20.9. The van der Waals surface area contributed by atoms with Crippen molar-refractivity contribution in [3.05, 3.63) is 40.6 Å². The lowest BCUT2D eigenvalue weighted by Crippen LogP contribution is -2.48. The number of carboxylic acids is 1. The van der Waals surface area contributed by atoms with Gasteiger partial charge < -0.3 is 20.1 Å². The van der Waals surface area contributed by atoms with Crippen molar-refractivity contribution in [2.24, 2.45) is 0 Å². The zero-order valence-corrected chi connectivity index (χ0v) is 14.4. The fourth-order valence-corrected chi connectivity index (χ4v) is 3.13. The van der Waals surface area contributed by atoms with Gasteiger partial charge in [0.05, 0.1) is 17.6 Å². The van der Waals surface area contributed by atoms with E-state index in [0.29, 0.717) is 11.3 Å². The van der Waals surface area contributed by atoms with Crippen LogP contribution in [0.25, 0.3) is 5.57 Å². The highest BCUT2D eigenvalue weighted by molar-refractivity contribution is 7.11. The van der Waals surface area contributed by atoms with Crippen LogP contribution in [-0.4, -0.2) is 47.0 Å². The zero-order chi connectivity index (χ0) is 18.4. The van der Waals surface area contributed by atoms with E-state index in [9.17, 15) is 19.4 Å². The molecule has 0 spiro atoms. The van der Waals surface area contributed by atoms with Crippen LogP contribution in [0.2, 0.25) is 0 Å². The van der Waals surface area contributed by atoms with Gasteiger partial charge in [-0.25, -0.2) is 4.79 Å². The first-order valence-corrected chi connectivity index (χ1v) is 8.53. The fourth-order valence-electron chi connectivity index (χ4n) is 2.39. The van der Waals surface area contributed by atoms with Crippen molar-refractivity contribution >= 4 is 41.7 Å². The molecule has 0 aromatic carbocycles. The van der Waals surface area contributed by atoms with Gasteiger partial charge in [0, 0.05) is 17.4 Å². The third-order valence-corrected chi connectivity index (χ3v) is 4.41. The summed E-state index contributed by atoms with van der Waals surface area (Å²) in [5, 5.41) is 23.5. The second-order valence-electron chi connectivity index (χ2n) is 5.59. The number of rotatable bonds is 6. The molecule has 25 heavy (non-hydrogen) atoms. The zero-order valence-electron chi connectivity index (χ0n) is 13.5. The molecule has 1 amide bonds. The number of nitrogens with one attached hydrogen (secondary N) is 1. The summed E-state index contributed by atoms with van der Waals surface area (Å²) in [6.07, 6.45) is 4.10. The van der Waals surface area contributed by atoms with Gasteiger partial charge >= 0.3 is 13.1 Å². The van der Waals surface area contributed by atoms with Crippen molar-refractivity contribution in [3.8, 4) is 0 Å². The van der Waals surface area contributed by atoms with Crippen molar-refractivity contribution in [3.63, 3.8) is 0 Å². The monoisotopic (exact) mass is 363 g/mol. The molecular formula is C16H18BNO6S. The number of carbonyl (C=O) groups excluding carboxylic acids is 2. The van der Waals surface area contributed by atoms with E-state index in [-0.39, 0.29) is 17.8 Å². The molecule has 1 aliphatic heterocycles. The van der Waals surface area contributed by atoms with Crippen LogP contribution in [0, 0.1) is 0 Å². The van der Waals surface area contributed by atoms with Crippen LogP contribution in [0.1, 0.15) is 24.6 Å². The van der Waals surface area contributed by atoms with Crippen LogP contribution in [0.5, 0.6) is 0 Å². The molecule has 0 unspecified atom stereocenters. The van der Waals surface area contributed by atoms with Gasteiger partial charge in [-0.1, -0.05) is 18.2 Å². The van der Waals surface area contributed by atoms with Gasteiger partial charge in [0.15, 0.2) is 0 Å². The van der Waals surface area contributed by atoms with Crippen LogP contribution < -0.4 is 5.32 Å². The predicted molar refractivity (Wildman–Crippen MR) is 93.8 cm³/mol. The third-order valence-electron chi connectivity index (χ3n) is 3.50. The summed E-state index contributed by atoms with van der Waals surface area (Å²) in [5.41, 5.74) is 0.00297. The molecule has 1 aromatic heterocycles. The highest BCUT2D eigenvalue weighted by atomic mass is 32.1. The molecule has 0 saturated heterocycles. The number of carboxylic acid groups (broad SMARTS) is 1. The Morgan fingerprint density at radius 1 is 1.48 bits per heavy atom. The summed E-state index contributed by atoms with van der Waals surface area (Å²) in [6, 6.07) is 3.35. The van der Waals surface area contributed by atoms with E-state index in [2.05, 4.69) is 5.32 Å². The number of aliphatic carboxylic acids is 1. The minimum atomic E-state index is -1.31. The van der Waals surface area contributed by atoms with Crippen LogP contribution >= 0.6 is 11.3 Å². The topological polar surface area (TPSA) is 113 Å². The summed E-state index contributed by atoms with van der Waals surface area (Å²) in [5.74, 6) is -2.68. The summed E-state index contributed by atoms with van der Waals surface area (Å²) in [7, 11) is -1.31. The van der Waals surface area contributed by atoms with Crippen molar-refractivity contribution in [1.29, 1.82) is 0 Å². The maximum absolute atomic E-state index is 12.5. The maximum Gasteiger partial charge on any atom is 0.478 e. The number of thiophene rings is 1. The Morgan fingerprint density at radius 2 is 2.24 bits per heavy atom. The van der Waals surface area contributed by atoms with Crippen LogP contribution in [0.4, 0.5) is 0 Å². The third kappa shape index (κ3) is 5.66. The molecule has 132 valence electrons. The molecule has 0 bridgehead atoms. The van der Waals surface area contributed by atoms with Crippen LogP contribution in [0.15, 0.2) is 35.7 Å². The van der Waals surface area contributed by atoms with Crippen molar-refractivity contribution in [1.82, 2.24) is 5.32 Å². The van der Waals surface area contributed by atoms with E-state index >= 15 is 0 Å². The summed E-state index contributed by atoms with van der Waals surface area (Å²) < 4.78 is 5.39. The average molecular weight is 363 g/mol. The predicted octanol–water partition coefficient (Wildman–Crippen LogP) is 1.04. The van der Waals surface area contributed by atoms with Crippen molar-refractivity contribution in [2.75, 3.05) is 0 Å². The molecular weight excluding hydrogens is 345 g/mol. The highest BCUT2D eigenvalue weighted by Gasteiger charge is 2.33. The fraction of sp³-hybridized carbons (Fsp3) is 0.312. The van der Waals surface area contributed by atoms with Crippen molar-refractivity contribution in [2.45, 2.75) is 31.8 Å². The molecule has 0 saturated carbocycles. The van der Waals surface area contributed by atoms with Crippen LogP contribution in [-0.2, 0) is 19.0 Å². The van der Waals surface area contributed by atoms with E-state index in [1.54, 1.807) is 29.7 Å². The lowest BCUT2D eigenvalue weighted by atomic mass is 9.77. The van der Waals surface area contributed by atoms with Gasteiger partial charge in [0.2, 0.25) is 0 Å². The Bertz CT molecular complexity index is 699. The summed E-state index contributed by atoms with van der Waals surface area (Å²) in [6.45, 7) is 1.43. The first-order valence-electron chi connectivity index (χ1n) is 7.66. The molecule has 7 nitrogen and oxygen atoms in total. The number of hydrogen-bond donors (Lipinski definition) is 3. The number of Topliss-reactive ketones (excluding diaryl/α,β-unsaturated/α-hetero) is 1. The molecule has 2 atom stereocenters.